The van der Waals surface area contributed by atoms with Gasteiger partial charge < -0.3 is 9.55 Å². The van der Waals surface area contributed by atoms with Crippen molar-refractivity contribution in [2.75, 3.05) is 0 Å². The Bertz CT molecular complexity index is 1290. The molecule has 3 nitrogen and oxygen atoms in total. The molecular weight excluding hydrogens is 699 g/mol. The number of alkyl halides is 18. The number of hydrogen-bond acceptors (Lipinski definition) is 2. The molecule has 0 saturated heterocycles. The number of rotatable bonds is 5. The van der Waals surface area contributed by atoms with Crippen LogP contribution in [0.3, 0.4) is 0 Å². The van der Waals surface area contributed by atoms with Gasteiger partial charge in [0, 0.05) is 12.1 Å². The van der Waals surface area contributed by atoms with Gasteiger partial charge >= 0.3 is 50.1 Å². The summed E-state index contributed by atoms with van der Waals surface area (Å²) in [5.41, 5.74) is -23.9. The molecule has 0 spiro atoms. The van der Waals surface area contributed by atoms with Gasteiger partial charge in [-0.1, -0.05) is 0 Å². The number of carbonyl (C=O) groups excluding carboxylic acids is 1. The molecule has 0 bridgehead atoms. The molecule has 264 valence electrons. The van der Waals surface area contributed by atoms with E-state index in [4.69, 9.17) is 0 Å². The largest absolute Gasteiger partial charge is 0.510 e. The second-order valence-electron chi connectivity index (χ2n) is 10.3. The van der Waals surface area contributed by atoms with Gasteiger partial charge in [0.2, 0.25) is 0 Å². The number of halogens is 18. The Balaban J connectivity index is 3.46. The van der Waals surface area contributed by atoms with E-state index in [9.17, 15) is 83.8 Å². The maximum absolute atomic E-state index is 14.2. The summed E-state index contributed by atoms with van der Waals surface area (Å²) in [5, 5.41) is 0. The number of benzene rings is 2. The van der Waals surface area contributed by atoms with Gasteiger partial charge in [-0.05, 0) is 62.9 Å². The molecule has 0 fully saturated rings. The quantitative estimate of drug-likeness (QED) is 0.228. The number of carbonyl (C=O) groups is 1. The van der Waals surface area contributed by atoms with E-state index in [2.05, 4.69) is 4.65 Å². The van der Waals surface area contributed by atoms with Crippen LogP contribution in [0.25, 0.3) is 0 Å². The predicted octanol–water partition coefficient (Wildman–Crippen LogP) is 9.16. The number of nitrogens with zero attached hydrogens (tertiary/aromatic N) is 1. The van der Waals surface area contributed by atoms with Crippen LogP contribution in [0, 0.1) is 0 Å². The molecule has 2 aromatic carbocycles. The first kappa shape index (κ1) is 39.7. The third-order valence-corrected chi connectivity index (χ3v) is 6.30. The van der Waals surface area contributed by atoms with Crippen molar-refractivity contribution >= 4 is 23.9 Å². The molecule has 0 unspecified atom stereocenters. The Labute approximate surface area is 252 Å². The molecule has 47 heavy (non-hydrogen) atoms. The third-order valence-electron chi connectivity index (χ3n) is 6.30. The minimum atomic E-state index is -6.44. The standard InChI is InChI=1S/C25H18BF18NO2/c1-9(2)45(10(3)4)19(46)47-26(17-13(22(33,34)35)5-11(20(27,28)29)6-14(17)23(36,37)38)18-15(24(39,40)41)7-12(21(30,31)32)8-16(18)25(42,43)44/h5-10H,1-4H3. The molecule has 22 heteroatoms. The van der Waals surface area contributed by atoms with E-state index in [1.165, 1.54) is 0 Å². The summed E-state index contributed by atoms with van der Waals surface area (Å²) < 4.78 is 256. The first-order valence-corrected chi connectivity index (χ1v) is 12.5. The summed E-state index contributed by atoms with van der Waals surface area (Å²) in [6.45, 7) is 0.219. The van der Waals surface area contributed by atoms with Crippen LogP contribution in [0.1, 0.15) is 61.1 Å². The predicted molar refractivity (Wildman–Crippen MR) is 127 cm³/mol. The van der Waals surface area contributed by atoms with Crippen molar-refractivity contribution in [1.29, 1.82) is 0 Å². The molecule has 0 radical (unpaired) electrons. The van der Waals surface area contributed by atoms with Crippen molar-refractivity contribution in [2.24, 2.45) is 0 Å². The van der Waals surface area contributed by atoms with Crippen LogP contribution in [0.5, 0.6) is 0 Å². The lowest BCUT2D eigenvalue weighted by Gasteiger charge is -2.33. The Morgan fingerprint density at radius 3 is 0.915 bits per heavy atom. The molecule has 1 amide bonds. The van der Waals surface area contributed by atoms with Crippen molar-refractivity contribution in [1.82, 2.24) is 4.90 Å². The van der Waals surface area contributed by atoms with E-state index in [1.54, 1.807) is 0 Å². The van der Waals surface area contributed by atoms with Crippen LogP contribution < -0.4 is 10.9 Å². The lowest BCUT2D eigenvalue weighted by molar-refractivity contribution is -0.149. The minimum Gasteiger partial charge on any atom is -0.510 e. The summed E-state index contributed by atoms with van der Waals surface area (Å²) in [5.74, 6) is 0. The van der Waals surface area contributed by atoms with Gasteiger partial charge in [0.15, 0.2) is 0 Å². The minimum absolute atomic E-state index is 0.405. The van der Waals surface area contributed by atoms with Crippen molar-refractivity contribution in [2.45, 2.75) is 76.8 Å². The fourth-order valence-electron chi connectivity index (χ4n) is 4.58. The molecule has 0 atom stereocenters. The molecule has 0 saturated carbocycles. The third kappa shape index (κ3) is 8.91. The number of amides is 1. The van der Waals surface area contributed by atoms with Gasteiger partial charge in [0.1, 0.15) is 0 Å². The normalized spacial score (nSPS) is 13.8. The maximum Gasteiger partial charge on any atom is 0.434 e. The Kier molecular flexibility index (Phi) is 10.6. The fourth-order valence-corrected chi connectivity index (χ4v) is 4.58. The highest BCUT2D eigenvalue weighted by atomic mass is 19.4. The highest BCUT2D eigenvalue weighted by Gasteiger charge is 2.54. The molecule has 2 rings (SSSR count). The average molecular weight is 717 g/mol. The average Bonchev–Trinajstić information content (AvgIpc) is 2.82. The van der Waals surface area contributed by atoms with Crippen LogP contribution in [-0.4, -0.2) is 30.0 Å². The van der Waals surface area contributed by atoms with Gasteiger partial charge in [0.25, 0.3) is 0 Å². The Morgan fingerprint density at radius 2 is 0.745 bits per heavy atom. The first-order chi connectivity index (χ1) is 20.7. The molecule has 0 aliphatic heterocycles. The van der Waals surface area contributed by atoms with Gasteiger partial charge in [-0.2, -0.15) is 79.0 Å². The van der Waals surface area contributed by atoms with Crippen LogP contribution >= 0.6 is 0 Å². The van der Waals surface area contributed by atoms with Gasteiger partial charge in [-0.15, -0.1) is 0 Å². The van der Waals surface area contributed by atoms with Crippen molar-refractivity contribution in [3.63, 3.8) is 0 Å². The van der Waals surface area contributed by atoms with E-state index in [1.807, 2.05) is 0 Å². The zero-order chi connectivity index (χ0) is 37.0. The molecular formula is C25H18BF18NO2. The van der Waals surface area contributed by atoms with Gasteiger partial charge in [0.05, 0.1) is 33.4 Å². The summed E-state index contributed by atoms with van der Waals surface area (Å²) in [6, 6.07) is -6.71. The van der Waals surface area contributed by atoms with Crippen LogP contribution in [-0.2, 0) is 41.7 Å². The van der Waals surface area contributed by atoms with Crippen molar-refractivity contribution in [3.05, 3.63) is 57.6 Å². The smallest absolute Gasteiger partial charge is 0.434 e. The summed E-state index contributed by atoms with van der Waals surface area (Å²) >= 11 is 0. The second kappa shape index (κ2) is 12.5. The highest BCUT2D eigenvalue weighted by molar-refractivity contribution is 6.82. The molecule has 2 aromatic rings. The Hall–Kier alpha value is -3.49. The lowest BCUT2D eigenvalue weighted by atomic mass is 9.50. The van der Waals surface area contributed by atoms with Gasteiger partial charge in [-0.25, -0.2) is 4.79 Å². The zero-order valence-corrected chi connectivity index (χ0v) is 23.6. The second-order valence-corrected chi connectivity index (χ2v) is 10.3. The monoisotopic (exact) mass is 717 g/mol. The first-order valence-electron chi connectivity index (χ1n) is 12.5. The van der Waals surface area contributed by atoms with E-state index in [0.717, 1.165) is 27.7 Å². The van der Waals surface area contributed by atoms with Crippen LogP contribution in [0.4, 0.5) is 83.8 Å². The summed E-state index contributed by atoms with van der Waals surface area (Å²) in [7, 11) is 0. The van der Waals surface area contributed by atoms with Crippen molar-refractivity contribution in [3.8, 4) is 0 Å². The molecule has 0 heterocycles. The SMILES string of the molecule is CC(C)N(C(=O)OB(c1c(C(F)(F)F)cc(C(F)(F)F)cc1C(F)(F)F)c1c(C(F)(F)F)cc(C(F)(F)F)cc1C(F)(F)F)C(C)C. The topological polar surface area (TPSA) is 29.5 Å². The highest BCUT2D eigenvalue weighted by Crippen LogP contribution is 2.43. The number of hydrogen-bond donors (Lipinski definition) is 0. The van der Waals surface area contributed by atoms with Crippen LogP contribution in [0.2, 0.25) is 0 Å². The zero-order valence-electron chi connectivity index (χ0n) is 23.6. The fraction of sp³-hybridized carbons (Fsp3) is 0.480. The van der Waals surface area contributed by atoms with E-state index >= 15 is 0 Å². The van der Waals surface area contributed by atoms with Crippen molar-refractivity contribution < 1.29 is 88.5 Å². The van der Waals surface area contributed by atoms with E-state index in [0.29, 0.717) is 4.90 Å². The molecule has 0 aromatic heterocycles. The van der Waals surface area contributed by atoms with E-state index in [-0.39, 0.29) is 0 Å². The van der Waals surface area contributed by atoms with Crippen LogP contribution in [0.15, 0.2) is 24.3 Å². The van der Waals surface area contributed by atoms with E-state index < -0.39 is 131 Å². The summed E-state index contributed by atoms with van der Waals surface area (Å²) in [6.07, 6.45) is -40.0. The molecule has 0 aliphatic rings. The Morgan fingerprint density at radius 1 is 0.511 bits per heavy atom. The molecule has 0 aliphatic carbocycles. The molecule has 0 N–H and O–H groups in total. The maximum atomic E-state index is 14.2. The van der Waals surface area contributed by atoms with Gasteiger partial charge in [-0.3, -0.25) is 0 Å². The summed E-state index contributed by atoms with van der Waals surface area (Å²) in [4.78, 5) is 13.5. The lowest BCUT2D eigenvalue weighted by Crippen LogP contribution is -2.58.